The van der Waals surface area contributed by atoms with Crippen molar-refractivity contribution in [3.8, 4) is 0 Å². The third-order valence-electron chi connectivity index (χ3n) is 6.75. The van der Waals surface area contributed by atoms with Crippen LogP contribution in [0, 0.1) is 11.3 Å². The Balaban J connectivity index is 1.62. The van der Waals surface area contributed by atoms with Crippen molar-refractivity contribution in [1.29, 1.82) is 0 Å². The van der Waals surface area contributed by atoms with Gasteiger partial charge in [-0.05, 0) is 83.7 Å². The van der Waals surface area contributed by atoms with Crippen LogP contribution in [0.1, 0.15) is 49.3 Å². The molecule has 0 nitrogen and oxygen atoms in total. The molecule has 0 heterocycles. The Morgan fingerprint density at radius 1 is 1.14 bits per heavy atom. The minimum Gasteiger partial charge on any atom is -0.0850 e. The maximum atomic E-state index is 2.55. The predicted molar refractivity (Wildman–Crippen MR) is 93.2 cm³/mol. The van der Waals surface area contributed by atoms with Crippen LogP contribution in [-0.2, 0) is 19.3 Å². The summed E-state index contributed by atoms with van der Waals surface area (Å²) in [5.41, 5.74) is 7.18. The first kappa shape index (κ1) is 12.9. The Morgan fingerprint density at radius 2 is 2.09 bits per heavy atom. The van der Waals surface area contributed by atoms with Gasteiger partial charge in [-0.15, -0.1) is 0 Å². The average molecular weight is 288 g/mol. The normalized spacial score (nSPS) is 29.1. The molecule has 2 aromatic rings. The molecule has 0 N–H and O–H groups in total. The topological polar surface area (TPSA) is 0 Å². The molecule has 0 aromatic heterocycles. The van der Waals surface area contributed by atoms with Gasteiger partial charge in [0, 0.05) is 0 Å². The molecule has 1 saturated carbocycles. The van der Waals surface area contributed by atoms with Crippen LogP contribution in [0.3, 0.4) is 0 Å². The number of hydrogen-bond donors (Lipinski definition) is 0. The summed E-state index contributed by atoms with van der Waals surface area (Å²) < 4.78 is 0. The maximum Gasteiger partial charge on any atom is -0.0149 e. The lowest BCUT2D eigenvalue weighted by molar-refractivity contribution is 0.169. The van der Waals surface area contributed by atoms with Crippen molar-refractivity contribution in [2.45, 2.75) is 51.9 Å². The number of allylic oxidation sites excluding steroid dienone is 2. The first-order chi connectivity index (χ1) is 10.8. The summed E-state index contributed by atoms with van der Waals surface area (Å²) in [6.07, 6.45) is 11.9. The number of benzene rings is 2. The van der Waals surface area contributed by atoms with E-state index in [1.165, 1.54) is 54.9 Å². The molecule has 0 heteroatoms. The van der Waals surface area contributed by atoms with E-state index in [-0.39, 0.29) is 0 Å². The lowest BCUT2D eigenvalue weighted by Gasteiger charge is -2.40. The molecule has 2 unspecified atom stereocenters. The molecular formula is C22H24. The molecule has 0 radical (unpaired) electrons. The van der Waals surface area contributed by atoms with E-state index in [2.05, 4.69) is 43.3 Å². The van der Waals surface area contributed by atoms with Gasteiger partial charge < -0.3 is 0 Å². The largest absolute Gasteiger partial charge is 0.0850 e. The van der Waals surface area contributed by atoms with Crippen molar-refractivity contribution in [2.75, 3.05) is 0 Å². The molecule has 1 spiro atoms. The van der Waals surface area contributed by atoms with Crippen molar-refractivity contribution < 1.29 is 0 Å². The molecule has 3 aliphatic rings. The van der Waals surface area contributed by atoms with Gasteiger partial charge in [0.15, 0.2) is 0 Å². The van der Waals surface area contributed by atoms with E-state index >= 15 is 0 Å². The number of fused-ring (bicyclic) bond motifs is 5. The SMILES string of the molecule is CCc1cccc2cc3c(cc12)CC1(CC3)CC2=CCC1C2. The van der Waals surface area contributed by atoms with E-state index in [9.17, 15) is 0 Å². The summed E-state index contributed by atoms with van der Waals surface area (Å²) in [7, 11) is 0. The minimum atomic E-state index is 0.617. The Kier molecular flexibility index (Phi) is 2.63. The van der Waals surface area contributed by atoms with Crippen molar-refractivity contribution in [3.63, 3.8) is 0 Å². The number of rotatable bonds is 1. The van der Waals surface area contributed by atoms with Crippen LogP contribution in [0.2, 0.25) is 0 Å². The third-order valence-corrected chi connectivity index (χ3v) is 6.75. The lowest BCUT2D eigenvalue weighted by Crippen LogP contribution is -2.33. The van der Waals surface area contributed by atoms with E-state index in [0.717, 1.165) is 12.3 Å². The van der Waals surface area contributed by atoms with Gasteiger partial charge in [0.1, 0.15) is 0 Å². The average Bonchev–Trinajstić information content (AvgIpc) is 3.13. The predicted octanol–water partition coefficient (Wildman–Crippen LogP) is 5.62. The van der Waals surface area contributed by atoms with Crippen LogP contribution in [0.4, 0.5) is 0 Å². The highest BCUT2D eigenvalue weighted by Gasteiger charge is 2.48. The van der Waals surface area contributed by atoms with Crippen LogP contribution in [0.25, 0.3) is 10.8 Å². The monoisotopic (exact) mass is 288 g/mol. The van der Waals surface area contributed by atoms with Crippen molar-refractivity contribution in [3.05, 3.63) is 58.7 Å². The van der Waals surface area contributed by atoms with Crippen molar-refractivity contribution in [1.82, 2.24) is 0 Å². The zero-order chi connectivity index (χ0) is 14.7. The Bertz CT molecular complexity index is 795. The van der Waals surface area contributed by atoms with E-state index in [4.69, 9.17) is 0 Å². The van der Waals surface area contributed by atoms with Crippen LogP contribution in [0.15, 0.2) is 42.0 Å². The Hall–Kier alpha value is -1.56. The Morgan fingerprint density at radius 3 is 2.86 bits per heavy atom. The quantitative estimate of drug-likeness (QED) is 0.598. The molecule has 2 aromatic carbocycles. The van der Waals surface area contributed by atoms with Gasteiger partial charge in [0.25, 0.3) is 0 Å². The highest BCUT2D eigenvalue weighted by Crippen LogP contribution is 2.58. The van der Waals surface area contributed by atoms with Gasteiger partial charge in [-0.1, -0.05) is 48.9 Å². The highest BCUT2D eigenvalue weighted by molar-refractivity contribution is 5.87. The smallest absolute Gasteiger partial charge is 0.0149 e. The van der Waals surface area contributed by atoms with Crippen LogP contribution < -0.4 is 0 Å². The van der Waals surface area contributed by atoms with E-state index in [1.807, 2.05) is 0 Å². The fraction of sp³-hybridized carbons (Fsp3) is 0.455. The molecule has 3 aliphatic carbocycles. The molecule has 2 atom stereocenters. The molecule has 1 fully saturated rings. The van der Waals surface area contributed by atoms with E-state index in [1.54, 1.807) is 16.7 Å². The summed E-state index contributed by atoms with van der Waals surface area (Å²) >= 11 is 0. The van der Waals surface area contributed by atoms with E-state index < -0.39 is 0 Å². The first-order valence-corrected chi connectivity index (χ1v) is 8.99. The molecule has 0 aliphatic heterocycles. The van der Waals surface area contributed by atoms with Gasteiger partial charge in [-0.25, -0.2) is 0 Å². The van der Waals surface area contributed by atoms with Gasteiger partial charge >= 0.3 is 0 Å². The molecular weight excluding hydrogens is 264 g/mol. The molecule has 2 bridgehead atoms. The van der Waals surface area contributed by atoms with Crippen molar-refractivity contribution in [2.24, 2.45) is 11.3 Å². The summed E-state index contributed by atoms with van der Waals surface area (Å²) in [5, 5.41) is 2.95. The fourth-order valence-electron chi connectivity index (χ4n) is 5.54. The van der Waals surface area contributed by atoms with Crippen LogP contribution in [0.5, 0.6) is 0 Å². The molecule has 22 heavy (non-hydrogen) atoms. The second-order valence-corrected chi connectivity index (χ2v) is 7.83. The zero-order valence-corrected chi connectivity index (χ0v) is 13.5. The summed E-state index contributed by atoms with van der Waals surface area (Å²) in [6, 6.07) is 11.9. The van der Waals surface area contributed by atoms with Crippen LogP contribution >= 0.6 is 0 Å². The van der Waals surface area contributed by atoms with Gasteiger partial charge in [-0.3, -0.25) is 0 Å². The van der Waals surface area contributed by atoms with Gasteiger partial charge in [-0.2, -0.15) is 0 Å². The number of hydrogen-bond acceptors (Lipinski definition) is 0. The zero-order valence-electron chi connectivity index (χ0n) is 13.5. The fourth-order valence-corrected chi connectivity index (χ4v) is 5.54. The summed E-state index contributed by atoms with van der Waals surface area (Å²) in [4.78, 5) is 0. The second kappa shape index (κ2) is 4.47. The van der Waals surface area contributed by atoms with Gasteiger partial charge in [0.05, 0.1) is 0 Å². The maximum absolute atomic E-state index is 2.55. The first-order valence-electron chi connectivity index (χ1n) is 8.99. The number of aryl methyl sites for hydroxylation is 2. The van der Waals surface area contributed by atoms with Crippen molar-refractivity contribution >= 4 is 10.8 Å². The molecule has 5 rings (SSSR count). The minimum absolute atomic E-state index is 0.617. The standard InChI is InChI=1S/C22H24/c1-2-16-4-3-5-18-11-17-8-9-22(14-19(17)12-21(16)18)13-15-6-7-20(22)10-15/h3-6,11-12,20H,2,7-10,13-14H2,1H3. The summed E-state index contributed by atoms with van der Waals surface area (Å²) in [6.45, 7) is 2.28. The lowest BCUT2D eigenvalue weighted by atomic mass is 9.64. The second-order valence-electron chi connectivity index (χ2n) is 7.83. The third kappa shape index (κ3) is 1.70. The summed E-state index contributed by atoms with van der Waals surface area (Å²) in [5.74, 6) is 0.952. The van der Waals surface area contributed by atoms with Crippen LogP contribution in [-0.4, -0.2) is 0 Å². The Labute approximate surface area is 133 Å². The molecule has 0 saturated heterocycles. The van der Waals surface area contributed by atoms with Gasteiger partial charge in [0.2, 0.25) is 0 Å². The molecule has 112 valence electrons. The molecule has 0 amide bonds. The van der Waals surface area contributed by atoms with E-state index in [0.29, 0.717) is 5.41 Å². The highest BCUT2D eigenvalue weighted by atomic mass is 14.5.